The predicted molar refractivity (Wildman–Crippen MR) is 80.9 cm³/mol. The van der Waals surface area contributed by atoms with Gasteiger partial charge in [-0.25, -0.2) is 5.84 Å². The number of anilines is 1. The molecule has 0 radical (unpaired) electrons. The second kappa shape index (κ2) is 5.26. The van der Waals surface area contributed by atoms with Crippen LogP contribution in [0.1, 0.15) is 34.4 Å². The van der Waals surface area contributed by atoms with Crippen molar-refractivity contribution in [3.8, 4) is 0 Å². The number of nitrogens with two attached hydrogens (primary N) is 1. The number of para-hydroxylation sites is 1. The number of nitrogens with zero attached hydrogens (tertiary/aromatic N) is 1. The summed E-state index contributed by atoms with van der Waals surface area (Å²) >= 11 is 0. The predicted octanol–water partition coefficient (Wildman–Crippen LogP) is 2.14. The SMILES string of the molecule is Cc1oc(CN2c3ccccc3CC2C)cc1C(=O)NN. The molecule has 1 aliphatic rings. The third kappa shape index (κ3) is 2.40. The van der Waals surface area contributed by atoms with Crippen molar-refractivity contribution in [2.75, 3.05) is 4.90 Å². The van der Waals surface area contributed by atoms with E-state index in [2.05, 4.69) is 35.4 Å². The first kappa shape index (κ1) is 13.7. The number of hydrazine groups is 1. The number of carbonyl (C=O) groups excluding carboxylic acids is 1. The molecule has 21 heavy (non-hydrogen) atoms. The van der Waals surface area contributed by atoms with E-state index in [-0.39, 0.29) is 5.91 Å². The molecule has 5 heteroatoms. The van der Waals surface area contributed by atoms with Crippen molar-refractivity contribution >= 4 is 11.6 Å². The van der Waals surface area contributed by atoms with Gasteiger partial charge in [0.05, 0.1) is 12.1 Å². The molecule has 1 atom stereocenters. The lowest BCUT2D eigenvalue weighted by molar-refractivity contribution is 0.0952. The van der Waals surface area contributed by atoms with E-state index in [1.807, 2.05) is 6.07 Å². The average Bonchev–Trinajstić information content (AvgIpc) is 2.99. The zero-order valence-corrected chi connectivity index (χ0v) is 12.2. The number of hydrogen-bond acceptors (Lipinski definition) is 4. The van der Waals surface area contributed by atoms with Crippen LogP contribution in [-0.2, 0) is 13.0 Å². The molecule has 0 bridgehead atoms. The number of hydrogen-bond donors (Lipinski definition) is 2. The number of nitrogen functional groups attached to an aromatic ring is 1. The first-order valence-electron chi connectivity index (χ1n) is 7.05. The van der Waals surface area contributed by atoms with Crippen LogP contribution in [0.5, 0.6) is 0 Å². The first-order chi connectivity index (χ1) is 10.1. The van der Waals surface area contributed by atoms with E-state index in [1.165, 1.54) is 11.3 Å². The van der Waals surface area contributed by atoms with E-state index in [4.69, 9.17) is 10.3 Å². The molecule has 0 spiro atoms. The quantitative estimate of drug-likeness (QED) is 0.515. The number of benzene rings is 1. The Balaban J connectivity index is 1.86. The zero-order valence-electron chi connectivity index (χ0n) is 12.2. The molecule has 3 rings (SSSR count). The highest BCUT2D eigenvalue weighted by atomic mass is 16.3. The lowest BCUT2D eigenvalue weighted by Crippen LogP contribution is -2.30. The van der Waals surface area contributed by atoms with E-state index >= 15 is 0 Å². The van der Waals surface area contributed by atoms with Crippen LogP contribution in [0.4, 0.5) is 5.69 Å². The number of carbonyl (C=O) groups is 1. The van der Waals surface area contributed by atoms with Crippen molar-refractivity contribution in [1.82, 2.24) is 5.43 Å². The standard InChI is InChI=1S/C16H19N3O2/c1-10-7-12-5-3-4-6-15(12)19(10)9-13-8-14(11(2)21-13)16(20)18-17/h3-6,8,10H,7,9,17H2,1-2H3,(H,18,20). The molecule has 1 aromatic carbocycles. The minimum Gasteiger partial charge on any atom is -0.464 e. The Hall–Kier alpha value is -2.27. The fourth-order valence-corrected chi connectivity index (χ4v) is 2.96. The number of aryl methyl sites for hydroxylation is 1. The van der Waals surface area contributed by atoms with Crippen LogP contribution in [0.25, 0.3) is 0 Å². The molecular formula is C16H19N3O2. The highest BCUT2D eigenvalue weighted by molar-refractivity contribution is 5.94. The summed E-state index contributed by atoms with van der Waals surface area (Å²) in [5, 5.41) is 0. The maximum Gasteiger partial charge on any atom is 0.268 e. The molecule has 0 saturated heterocycles. The van der Waals surface area contributed by atoms with Crippen molar-refractivity contribution in [3.63, 3.8) is 0 Å². The largest absolute Gasteiger partial charge is 0.464 e. The Morgan fingerprint density at radius 2 is 2.24 bits per heavy atom. The molecule has 0 saturated carbocycles. The van der Waals surface area contributed by atoms with Crippen molar-refractivity contribution in [3.05, 3.63) is 53.0 Å². The number of rotatable bonds is 3. The normalized spacial score (nSPS) is 16.9. The van der Waals surface area contributed by atoms with Crippen LogP contribution in [0.2, 0.25) is 0 Å². The third-order valence-electron chi connectivity index (χ3n) is 4.02. The summed E-state index contributed by atoms with van der Waals surface area (Å²) in [5.74, 6) is 6.22. The van der Waals surface area contributed by atoms with Crippen LogP contribution >= 0.6 is 0 Å². The van der Waals surface area contributed by atoms with E-state index < -0.39 is 0 Å². The number of furan rings is 1. The topological polar surface area (TPSA) is 71.5 Å². The summed E-state index contributed by atoms with van der Waals surface area (Å²) in [4.78, 5) is 13.9. The molecule has 110 valence electrons. The molecule has 1 aromatic heterocycles. The van der Waals surface area contributed by atoms with Crippen LogP contribution in [0.15, 0.2) is 34.7 Å². The van der Waals surface area contributed by atoms with Gasteiger partial charge in [-0.15, -0.1) is 0 Å². The summed E-state index contributed by atoms with van der Waals surface area (Å²) in [7, 11) is 0. The molecule has 1 amide bonds. The summed E-state index contributed by atoms with van der Waals surface area (Å²) in [6, 6.07) is 10.6. The van der Waals surface area contributed by atoms with E-state index in [1.54, 1.807) is 13.0 Å². The molecule has 2 aromatic rings. The number of amides is 1. The molecule has 0 fully saturated rings. The summed E-state index contributed by atoms with van der Waals surface area (Å²) in [6.45, 7) is 4.62. The number of fused-ring (bicyclic) bond motifs is 1. The van der Waals surface area contributed by atoms with Crippen LogP contribution in [-0.4, -0.2) is 11.9 Å². The molecule has 3 N–H and O–H groups in total. The minimum absolute atomic E-state index is 0.322. The van der Waals surface area contributed by atoms with Gasteiger partial charge in [0.15, 0.2) is 0 Å². The molecule has 0 aliphatic carbocycles. The molecule has 1 unspecified atom stereocenters. The average molecular weight is 285 g/mol. The Labute approximate surface area is 123 Å². The van der Waals surface area contributed by atoms with Gasteiger partial charge >= 0.3 is 0 Å². The van der Waals surface area contributed by atoms with Gasteiger partial charge in [0.25, 0.3) is 5.91 Å². The van der Waals surface area contributed by atoms with Crippen LogP contribution in [0.3, 0.4) is 0 Å². The Morgan fingerprint density at radius 1 is 1.48 bits per heavy atom. The van der Waals surface area contributed by atoms with E-state index in [0.29, 0.717) is 23.9 Å². The zero-order chi connectivity index (χ0) is 15.0. The lowest BCUT2D eigenvalue weighted by atomic mass is 10.1. The second-order valence-corrected chi connectivity index (χ2v) is 5.47. The van der Waals surface area contributed by atoms with Gasteiger partial charge in [0.1, 0.15) is 11.5 Å². The molecule has 1 aliphatic heterocycles. The van der Waals surface area contributed by atoms with Gasteiger partial charge in [-0.05, 0) is 38.0 Å². The number of nitrogens with one attached hydrogen (secondary N) is 1. The molecule has 2 heterocycles. The monoisotopic (exact) mass is 285 g/mol. The fraction of sp³-hybridized carbons (Fsp3) is 0.312. The van der Waals surface area contributed by atoms with Crippen molar-refractivity contribution in [2.45, 2.75) is 32.9 Å². The maximum atomic E-state index is 11.6. The highest BCUT2D eigenvalue weighted by Crippen LogP contribution is 2.33. The molecule has 5 nitrogen and oxygen atoms in total. The van der Waals surface area contributed by atoms with E-state index in [0.717, 1.165) is 12.2 Å². The van der Waals surface area contributed by atoms with Crippen molar-refractivity contribution in [2.24, 2.45) is 5.84 Å². The Bertz CT molecular complexity index is 678. The Kier molecular flexibility index (Phi) is 3.43. The summed E-state index contributed by atoms with van der Waals surface area (Å²) < 4.78 is 5.70. The second-order valence-electron chi connectivity index (χ2n) is 5.47. The van der Waals surface area contributed by atoms with E-state index in [9.17, 15) is 4.79 Å². The van der Waals surface area contributed by atoms with Gasteiger partial charge in [-0.1, -0.05) is 18.2 Å². The van der Waals surface area contributed by atoms with Crippen LogP contribution in [0, 0.1) is 6.92 Å². The lowest BCUT2D eigenvalue weighted by Gasteiger charge is -2.23. The van der Waals surface area contributed by atoms with Crippen LogP contribution < -0.4 is 16.2 Å². The van der Waals surface area contributed by atoms with Gasteiger partial charge in [-0.3, -0.25) is 10.2 Å². The summed E-state index contributed by atoms with van der Waals surface area (Å²) in [6.07, 6.45) is 1.03. The third-order valence-corrected chi connectivity index (χ3v) is 4.02. The minimum atomic E-state index is -0.322. The maximum absolute atomic E-state index is 11.6. The molecular weight excluding hydrogens is 266 g/mol. The van der Waals surface area contributed by atoms with Gasteiger partial charge in [0, 0.05) is 11.7 Å². The smallest absolute Gasteiger partial charge is 0.268 e. The van der Waals surface area contributed by atoms with Gasteiger partial charge in [-0.2, -0.15) is 0 Å². The first-order valence-corrected chi connectivity index (χ1v) is 7.05. The van der Waals surface area contributed by atoms with Gasteiger partial charge < -0.3 is 9.32 Å². The van der Waals surface area contributed by atoms with Gasteiger partial charge in [0.2, 0.25) is 0 Å². The Morgan fingerprint density at radius 3 is 3.00 bits per heavy atom. The fourth-order valence-electron chi connectivity index (χ4n) is 2.96. The van der Waals surface area contributed by atoms with Crippen molar-refractivity contribution in [1.29, 1.82) is 0 Å². The summed E-state index contributed by atoms with van der Waals surface area (Å²) in [5.41, 5.74) is 5.23. The highest BCUT2D eigenvalue weighted by Gasteiger charge is 2.27. The van der Waals surface area contributed by atoms with Crippen molar-refractivity contribution < 1.29 is 9.21 Å².